The van der Waals surface area contributed by atoms with Crippen LogP contribution in [-0.4, -0.2) is 42.9 Å². The Hall–Kier alpha value is -2.49. The van der Waals surface area contributed by atoms with Gasteiger partial charge in [-0.1, -0.05) is 23.5 Å². The average molecular weight is 446 g/mol. The monoisotopic (exact) mass is 445 g/mol. The Morgan fingerprint density at radius 1 is 1.20 bits per heavy atom. The molecule has 0 spiro atoms. The van der Waals surface area contributed by atoms with Gasteiger partial charge in [0.1, 0.15) is 11.8 Å². The maximum absolute atomic E-state index is 13.2. The normalized spacial score (nSPS) is 18.2. The Morgan fingerprint density at radius 2 is 1.93 bits per heavy atom. The van der Waals surface area contributed by atoms with Crippen molar-refractivity contribution < 1.29 is 17.9 Å². The molecule has 0 unspecified atom stereocenters. The zero-order valence-corrected chi connectivity index (χ0v) is 18.4. The molecule has 9 heteroatoms. The van der Waals surface area contributed by atoms with Crippen molar-refractivity contribution in [1.82, 2.24) is 8.87 Å². The first-order valence-electron chi connectivity index (χ1n) is 9.78. The van der Waals surface area contributed by atoms with E-state index in [0.29, 0.717) is 36.5 Å². The minimum Gasteiger partial charge on any atom is -0.497 e. The van der Waals surface area contributed by atoms with Crippen LogP contribution in [-0.2, 0) is 21.4 Å². The molecule has 30 heavy (non-hydrogen) atoms. The number of aromatic nitrogens is 1. The second-order valence-corrected chi connectivity index (χ2v) is 9.90. The van der Waals surface area contributed by atoms with Crippen LogP contribution in [0.3, 0.4) is 0 Å². The Morgan fingerprint density at radius 3 is 2.63 bits per heavy atom. The summed E-state index contributed by atoms with van der Waals surface area (Å²) in [5.74, 6) is 0.158. The summed E-state index contributed by atoms with van der Waals surface area (Å²) >= 11 is 1.44. The number of methoxy groups -OCH3 is 1. The van der Waals surface area contributed by atoms with Crippen molar-refractivity contribution in [2.24, 2.45) is 4.99 Å². The second kappa shape index (κ2) is 8.33. The first-order valence-corrected chi connectivity index (χ1v) is 12.0. The van der Waals surface area contributed by atoms with Crippen molar-refractivity contribution in [3.63, 3.8) is 0 Å². The highest BCUT2D eigenvalue weighted by molar-refractivity contribution is 7.89. The van der Waals surface area contributed by atoms with Crippen molar-refractivity contribution in [2.75, 3.05) is 13.7 Å². The minimum atomic E-state index is -3.80. The second-order valence-electron chi connectivity index (χ2n) is 7.00. The average Bonchev–Trinajstić information content (AvgIpc) is 3.38. The third kappa shape index (κ3) is 3.68. The predicted octanol–water partition coefficient (Wildman–Crippen LogP) is 3.01. The number of para-hydroxylation sites is 1. The zero-order chi connectivity index (χ0) is 21.3. The van der Waals surface area contributed by atoms with Crippen molar-refractivity contribution in [2.45, 2.75) is 37.2 Å². The first kappa shape index (κ1) is 20.8. The van der Waals surface area contributed by atoms with Crippen LogP contribution in [0.2, 0.25) is 0 Å². The van der Waals surface area contributed by atoms with Gasteiger partial charge in [-0.3, -0.25) is 4.79 Å². The van der Waals surface area contributed by atoms with Crippen LogP contribution < -0.4 is 9.54 Å². The number of hydrogen-bond acceptors (Lipinski definition) is 5. The molecule has 158 valence electrons. The Bertz CT molecular complexity index is 1240. The predicted molar refractivity (Wildman–Crippen MR) is 116 cm³/mol. The summed E-state index contributed by atoms with van der Waals surface area (Å²) in [4.78, 5) is 18.1. The number of hydrogen-bond donors (Lipinski definition) is 0. The molecule has 0 N–H and O–H groups in total. The van der Waals surface area contributed by atoms with Gasteiger partial charge in [-0.05, 0) is 56.2 Å². The fourth-order valence-corrected chi connectivity index (χ4v) is 6.49. The van der Waals surface area contributed by atoms with E-state index in [0.717, 1.165) is 10.2 Å². The van der Waals surface area contributed by atoms with Gasteiger partial charge in [0.05, 0.1) is 22.2 Å². The number of rotatable bonds is 5. The molecule has 4 rings (SSSR count). The van der Waals surface area contributed by atoms with Crippen molar-refractivity contribution >= 4 is 37.5 Å². The molecule has 1 fully saturated rings. The van der Waals surface area contributed by atoms with Crippen molar-refractivity contribution in [3.8, 4) is 5.75 Å². The molecule has 1 aromatic heterocycles. The van der Waals surface area contributed by atoms with Gasteiger partial charge in [-0.15, -0.1) is 0 Å². The van der Waals surface area contributed by atoms with Crippen LogP contribution >= 0.6 is 11.3 Å². The lowest BCUT2D eigenvalue weighted by atomic mass is 10.2. The smallest absolute Gasteiger partial charge is 0.266 e. The summed E-state index contributed by atoms with van der Waals surface area (Å²) in [5.41, 5.74) is 1.02. The zero-order valence-electron chi connectivity index (χ0n) is 16.8. The molecule has 1 aliphatic heterocycles. The number of amides is 1. The fraction of sp³-hybridized carbons (Fsp3) is 0.333. The minimum absolute atomic E-state index is 0.147. The lowest BCUT2D eigenvalue weighted by Crippen LogP contribution is -2.40. The van der Waals surface area contributed by atoms with Crippen molar-refractivity contribution in [3.05, 3.63) is 53.3 Å². The number of thiazole rings is 1. The molecule has 7 nitrogen and oxygen atoms in total. The van der Waals surface area contributed by atoms with Crippen LogP contribution in [0.4, 0.5) is 0 Å². The highest BCUT2D eigenvalue weighted by atomic mass is 32.2. The number of carbonyl (C=O) groups excluding carboxylic acids is 1. The van der Waals surface area contributed by atoms with Gasteiger partial charge in [0.25, 0.3) is 5.91 Å². The van der Waals surface area contributed by atoms with E-state index in [1.165, 1.54) is 34.9 Å². The summed E-state index contributed by atoms with van der Waals surface area (Å²) in [6.07, 6.45) is 1.09. The highest BCUT2D eigenvalue weighted by Crippen LogP contribution is 2.28. The van der Waals surface area contributed by atoms with E-state index in [2.05, 4.69) is 4.99 Å². The van der Waals surface area contributed by atoms with E-state index in [1.807, 2.05) is 35.8 Å². The summed E-state index contributed by atoms with van der Waals surface area (Å²) in [7, 11) is -2.27. The molecular weight excluding hydrogens is 422 g/mol. The summed E-state index contributed by atoms with van der Waals surface area (Å²) < 4.78 is 35.7. The van der Waals surface area contributed by atoms with Crippen molar-refractivity contribution in [1.29, 1.82) is 0 Å². The number of benzene rings is 2. The van der Waals surface area contributed by atoms with Gasteiger partial charge in [-0.25, -0.2) is 8.42 Å². The summed E-state index contributed by atoms with van der Waals surface area (Å²) in [6, 6.07) is 13.3. The number of nitrogens with zero attached hydrogens (tertiary/aromatic N) is 3. The van der Waals surface area contributed by atoms with Crippen LogP contribution in [0.5, 0.6) is 5.75 Å². The van der Waals surface area contributed by atoms with E-state index in [9.17, 15) is 13.2 Å². The number of aryl methyl sites for hydroxylation is 1. The van der Waals surface area contributed by atoms with Crippen LogP contribution in [0.25, 0.3) is 10.2 Å². The van der Waals surface area contributed by atoms with E-state index >= 15 is 0 Å². The van der Waals surface area contributed by atoms with Gasteiger partial charge in [-0.2, -0.15) is 9.30 Å². The summed E-state index contributed by atoms with van der Waals surface area (Å²) in [6.45, 7) is 2.98. The molecule has 1 saturated heterocycles. The standard InChI is InChI=1S/C21H23N3O4S2/c1-3-23-17-7-4-5-9-19(17)29-21(23)22-20(25)18-8-6-14-24(18)30(26,27)16-12-10-15(28-2)11-13-16/h4-5,7,9-13,18H,3,6,8,14H2,1-2H3/t18-/m1/s1. The summed E-state index contributed by atoms with van der Waals surface area (Å²) in [5, 5.41) is 0. The Kier molecular flexibility index (Phi) is 5.77. The van der Waals surface area contributed by atoms with Gasteiger partial charge < -0.3 is 9.30 Å². The third-order valence-electron chi connectivity index (χ3n) is 5.27. The third-order valence-corrected chi connectivity index (χ3v) is 8.25. The molecule has 0 saturated carbocycles. The number of carbonyl (C=O) groups is 1. The van der Waals surface area contributed by atoms with E-state index < -0.39 is 22.0 Å². The number of sulfonamides is 1. The molecule has 2 aromatic carbocycles. The molecular formula is C21H23N3O4S2. The topological polar surface area (TPSA) is 81.0 Å². The van der Waals surface area contributed by atoms with Crippen LogP contribution in [0, 0.1) is 0 Å². The molecule has 2 heterocycles. The van der Waals surface area contributed by atoms with Crippen LogP contribution in [0.1, 0.15) is 19.8 Å². The fourth-order valence-electron chi connectivity index (χ4n) is 3.74. The Labute approximate surface area is 179 Å². The van der Waals surface area contributed by atoms with Gasteiger partial charge >= 0.3 is 0 Å². The van der Waals surface area contributed by atoms with E-state index in [4.69, 9.17) is 4.74 Å². The number of fused-ring (bicyclic) bond motifs is 1. The first-order chi connectivity index (χ1) is 14.5. The molecule has 1 aliphatic rings. The van der Waals surface area contributed by atoms with Gasteiger partial charge in [0, 0.05) is 13.1 Å². The Balaban J connectivity index is 1.68. The molecule has 0 radical (unpaired) electrons. The quantitative estimate of drug-likeness (QED) is 0.605. The van der Waals surface area contributed by atoms with Crippen LogP contribution in [0.15, 0.2) is 58.4 Å². The SMILES string of the molecule is CCn1c(=NC(=O)[C@H]2CCCN2S(=O)(=O)c2ccc(OC)cc2)sc2ccccc21. The van der Waals surface area contributed by atoms with Gasteiger partial charge in [0.15, 0.2) is 4.80 Å². The molecule has 0 bridgehead atoms. The van der Waals surface area contributed by atoms with E-state index in [1.54, 1.807) is 12.1 Å². The molecule has 3 aromatic rings. The molecule has 0 aliphatic carbocycles. The maximum atomic E-state index is 13.2. The highest BCUT2D eigenvalue weighted by Gasteiger charge is 2.39. The molecule has 1 amide bonds. The van der Waals surface area contributed by atoms with Gasteiger partial charge in [0.2, 0.25) is 10.0 Å². The lowest BCUT2D eigenvalue weighted by molar-refractivity contribution is -0.121. The van der Waals surface area contributed by atoms with E-state index in [-0.39, 0.29) is 4.90 Å². The number of ether oxygens (including phenoxy) is 1. The largest absolute Gasteiger partial charge is 0.497 e. The maximum Gasteiger partial charge on any atom is 0.266 e. The lowest BCUT2D eigenvalue weighted by Gasteiger charge is -2.21. The molecule has 1 atom stereocenters.